The van der Waals surface area contributed by atoms with Gasteiger partial charge in [-0.25, -0.2) is 0 Å². The SMILES string of the molecule is COc1ccccc1N(C(=O)CC(N)=O)c1ccccc1OC. The zero-order chi connectivity index (χ0) is 16.8. The van der Waals surface area contributed by atoms with E-state index in [1.807, 2.05) is 0 Å². The molecule has 23 heavy (non-hydrogen) atoms. The van der Waals surface area contributed by atoms with Crippen LogP contribution in [0, 0.1) is 0 Å². The Morgan fingerprint density at radius 1 is 0.913 bits per heavy atom. The monoisotopic (exact) mass is 314 g/mol. The first kappa shape index (κ1) is 16.4. The third-order valence-corrected chi connectivity index (χ3v) is 3.23. The number of rotatable bonds is 6. The van der Waals surface area contributed by atoms with Crippen molar-refractivity contribution in [1.82, 2.24) is 0 Å². The topological polar surface area (TPSA) is 81.9 Å². The van der Waals surface area contributed by atoms with Gasteiger partial charge in [0.1, 0.15) is 17.9 Å². The van der Waals surface area contributed by atoms with Gasteiger partial charge in [0.15, 0.2) is 0 Å². The van der Waals surface area contributed by atoms with Crippen LogP contribution in [0.4, 0.5) is 11.4 Å². The molecule has 0 heterocycles. The Bertz CT molecular complexity index is 668. The average Bonchev–Trinajstić information content (AvgIpc) is 2.55. The number of amides is 2. The first-order valence-corrected chi connectivity index (χ1v) is 6.95. The van der Waals surface area contributed by atoms with Gasteiger partial charge in [0.25, 0.3) is 0 Å². The van der Waals surface area contributed by atoms with E-state index in [0.29, 0.717) is 22.9 Å². The minimum absolute atomic E-state index is 0.421. The maximum atomic E-state index is 12.6. The number of carbonyl (C=O) groups excluding carboxylic acids is 2. The van der Waals surface area contributed by atoms with Crippen molar-refractivity contribution in [2.45, 2.75) is 6.42 Å². The molecule has 120 valence electrons. The first-order chi connectivity index (χ1) is 11.1. The lowest BCUT2D eigenvalue weighted by molar-refractivity contribution is -0.125. The Morgan fingerprint density at radius 2 is 1.35 bits per heavy atom. The number of ether oxygens (including phenoxy) is 2. The van der Waals surface area contributed by atoms with E-state index >= 15 is 0 Å². The number of primary amides is 1. The molecule has 0 fully saturated rings. The number of methoxy groups -OCH3 is 2. The van der Waals surface area contributed by atoms with Crippen molar-refractivity contribution in [3.8, 4) is 11.5 Å². The molecular weight excluding hydrogens is 296 g/mol. The smallest absolute Gasteiger partial charge is 0.241 e. The summed E-state index contributed by atoms with van der Waals surface area (Å²) in [7, 11) is 3.02. The van der Waals surface area contributed by atoms with E-state index in [1.165, 1.54) is 19.1 Å². The third kappa shape index (κ3) is 3.60. The molecule has 2 rings (SSSR count). The van der Waals surface area contributed by atoms with Crippen LogP contribution in [-0.2, 0) is 9.59 Å². The number of nitrogens with zero attached hydrogens (tertiary/aromatic N) is 1. The predicted octanol–water partition coefficient (Wildman–Crippen LogP) is 2.24. The molecule has 2 aromatic carbocycles. The highest BCUT2D eigenvalue weighted by atomic mass is 16.5. The zero-order valence-electron chi connectivity index (χ0n) is 13.0. The van der Waals surface area contributed by atoms with Gasteiger partial charge in [0.2, 0.25) is 11.8 Å². The Balaban J connectivity index is 2.60. The summed E-state index contributed by atoms with van der Waals surface area (Å²) in [5, 5.41) is 0. The normalized spacial score (nSPS) is 10.0. The second-order valence-electron chi connectivity index (χ2n) is 4.72. The second-order valence-corrected chi connectivity index (χ2v) is 4.72. The van der Waals surface area contributed by atoms with Gasteiger partial charge < -0.3 is 15.2 Å². The van der Waals surface area contributed by atoms with Crippen LogP contribution in [0.1, 0.15) is 6.42 Å². The van der Waals surface area contributed by atoms with Gasteiger partial charge in [-0.3, -0.25) is 14.5 Å². The zero-order valence-corrected chi connectivity index (χ0v) is 13.0. The van der Waals surface area contributed by atoms with Gasteiger partial charge >= 0.3 is 0 Å². The molecule has 2 N–H and O–H groups in total. The summed E-state index contributed by atoms with van der Waals surface area (Å²) in [5.41, 5.74) is 6.19. The molecule has 0 radical (unpaired) electrons. The van der Waals surface area contributed by atoms with Crippen molar-refractivity contribution in [1.29, 1.82) is 0 Å². The minimum atomic E-state index is -0.704. The number of hydrogen-bond acceptors (Lipinski definition) is 4. The lowest BCUT2D eigenvalue weighted by atomic mass is 10.2. The van der Waals surface area contributed by atoms with Gasteiger partial charge in [-0.1, -0.05) is 24.3 Å². The van der Waals surface area contributed by atoms with Crippen LogP contribution in [0.15, 0.2) is 48.5 Å². The molecule has 6 heteroatoms. The molecule has 0 saturated heterocycles. The largest absolute Gasteiger partial charge is 0.495 e. The lowest BCUT2D eigenvalue weighted by Gasteiger charge is -2.25. The highest BCUT2D eigenvalue weighted by Gasteiger charge is 2.25. The van der Waals surface area contributed by atoms with Crippen LogP contribution >= 0.6 is 0 Å². The molecule has 2 amide bonds. The molecule has 6 nitrogen and oxygen atoms in total. The summed E-state index contributed by atoms with van der Waals surface area (Å²) in [4.78, 5) is 25.2. The van der Waals surface area contributed by atoms with Crippen LogP contribution in [0.2, 0.25) is 0 Å². The van der Waals surface area contributed by atoms with E-state index in [2.05, 4.69) is 0 Å². The number of nitrogens with two attached hydrogens (primary N) is 1. The van der Waals surface area contributed by atoms with Crippen LogP contribution in [0.3, 0.4) is 0 Å². The summed E-state index contributed by atoms with van der Waals surface area (Å²) in [6.07, 6.45) is -0.421. The van der Waals surface area contributed by atoms with Crippen molar-refractivity contribution in [2.24, 2.45) is 5.73 Å². The van der Waals surface area contributed by atoms with Crippen molar-refractivity contribution in [3.63, 3.8) is 0 Å². The first-order valence-electron chi connectivity index (χ1n) is 6.95. The van der Waals surface area contributed by atoms with E-state index in [0.717, 1.165) is 0 Å². The fourth-order valence-electron chi connectivity index (χ4n) is 2.26. The van der Waals surface area contributed by atoms with E-state index in [4.69, 9.17) is 15.2 Å². The molecule has 0 aliphatic rings. The van der Waals surface area contributed by atoms with Crippen molar-refractivity contribution >= 4 is 23.2 Å². The Hall–Kier alpha value is -3.02. The Morgan fingerprint density at radius 3 is 1.74 bits per heavy atom. The van der Waals surface area contributed by atoms with Gasteiger partial charge in [-0.2, -0.15) is 0 Å². The van der Waals surface area contributed by atoms with Crippen LogP contribution in [0.25, 0.3) is 0 Å². The molecule has 0 unspecified atom stereocenters. The van der Waals surface area contributed by atoms with Gasteiger partial charge in [0, 0.05) is 0 Å². The maximum absolute atomic E-state index is 12.6. The number of hydrogen-bond donors (Lipinski definition) is 1. The Labute approximate surface area is 134 Å². The predicted molar refractivity (Wildman–Crippen MR) is 86.9 cm³/mol. The summed E-state index contributed by atoms with van der Waals surface area (Å²) in [6, 6.07) is 14.1. The highest BCUT2D eigenvalue weighted by Crippen LogP contribution is 2.38. The van der Waals surface area contributed by atoms with E-state index < -0.39 is 18.2 Å². The highest BCUT2D eigenvalue weighted by molar-refractivity contribution is 6.10. The fraction of sp³-hybridized carbons (Fsp3) is 0.176. The molecule has 0 saturated carbocycles. The van der Waals surface area contributed by atoms with Gasteiger partial charge in [0.05, 0.1) is 25.6 Å². The van der Waals surface area contributed by atoms with Crippen molar-refractivity contribution in [3.05, 3.63) is 48.5 Å². The van der Waals surface area contributed by atoms with E-state index in [9.17, 15) is 9.59 Å². The molecule has 0 bridgehead atoms. The molecule has 0 aromatic heterocycles. The number of carbonyl (C=O) groups is 2. The molecule has 0 spiro atoms. The van der Waals surface area contributed by atoms with Gasteiger partial charge in [-0.05, 0) is 24.3 Å². The molecule has 2 aromatic rings. The third-order valence-electron chi connectivity index (χ3n) is 3.23. The van der Waals surface area contributed by atoms with Crippen LogP contribution < -0.4 is 20.1 Å². The summed E-state index contributed by atoms with van der Waals surface area (Å²) in [6.45, 7) is 0. The quantitative estimate of drug-likeness (QED) is 0.829. The van der Waals surface area contributed by atoms with Crippen LogP contribution in [-0.4, -0.2) is 26.0 Å². The molecule has 0 atom stereocenters. The summed E-state index contributed by atoms with van der Waals surface area (Å²) < 4.78 is 10.7. The molecule has 0 aliphatic carbocycles. The fourth-order valence-corrected chi connectivity index (χ4v) is 2.26. The lowest BCUT2D eigenvalue weighted by Crippen LogP contribution is -2.30. The molecular formula is C17H18N2O4. The number of benzene rings is 2. The Kier molecular flexibility index (Phi) is 5.19. The summed E-state index contributed by atoms with van der Waals surface area (Å²) in [5.74, 6) is -0.177. The minimum Gasteiger partial charge on any atom is -0.495 e. The number of anilines is 2. The van der Waals surface area contributed by atoms with Gasteiger partial charge in [-0.15, -0.1) is 0 Å². The summed E-state index contributed by atoms with van der Waals surface area (Å²) >= 11 is 0. The second kappa shape index (κ2) is 7.31. The number of para-hydroxylation sites is 4. The maximum Gasteiger partial charge on any atom is 0.241 e. The van der Waals surface area contributed by atoms with E-state index in [1.54, 1.807) is 48.5 Å². The van der Waals surface area contributed by atoms with Crippen LogP contribution in [0.5, 0.6) is 11.5 Å². The van der Waals surface area contributed by atoms with Crippen molar-refractivity contribution in [2.75, 3.05) is 19.1 Å². The standard InChI is InChI=1S/C17H18N2O4/c1-22-14-9-5-3-7-12(14)19(17(21)11-16(18)20)13-8-4-6-10-15(13)23-2/h3-10H,11H2,1-2H3,(H2,18,20). The molecule has 0 aliphatic heterocycles. The average molecular weight is 314 g/mol. The van der Waals surface area contributed by atoms with Crippen molar-refractivity contribution < 1.29 is 19.1 Å². The van der Waals surface area contributed by atoms with E-state index in [-0.39, 0.29) is 0 Å².